The van der Waals surface area contributed by atoms with Gasteiger partial charge in [-0.1, -0.05) is 0 Å². The minimum Gasteiger partial charge on any atom is -0.399 e. The van der Waals surface area contributed by atoms with Gasteiger partial charge in [-0.15, -0.1) is 0 Å². The number of nitrogens with one attached hydrogen (secondary N) is 1. The highest BCUT2D eigenvalue weighted by molar-refractivity contribution is 7.89. The molecule has 1 rings (SSSR count). The van der Waals surface area contributed by atoms with Gasteiger partial charge in [0.1, 0.15) is 4.90 Å². The Balaban J connectivity index is 2.98. The van der Waals surface area contributed by atoms with Crippen molar-refractivity contribution in [3.63, 3.8) is 0 Å². The first-order chi connectivity index (χ1) is 8.24. The number of sulfonamides is 1. The summed E-state index contributed by atoms with van der Waals surface area (Å²) in [6.07, 6.45) is 0. The van der Waals surface area contributed by atoms with E-state index in [9.17, 15) is 17.2 Å². The van der Waals surface area contributed by atoms with E-state index in [0.717, 1.165) is 12.1 Å². The van der Waals surface area contributed by atoms with Crippen LogP contribution < -0.4 is 10.5 Å². The molecule has 18 heavy (non-hydrogen) atoms. The summed E-state index contributed by atoms with van der Waals surface area (Å²) < 4.78 is 52.1. The predicted octanol–water partition coefficient (Wildman–Crippen LogP) is 0.387. The van der Waals surface area contributed by atoms with Gasteiger partial charge < -0.3 is 10.6 Å². The molecule has 0 saturated carbocycles. The molecule has 0 amide bonds. The minimum absolute atomic E-state index is 0.0885. The summed E-state index contributed by atoms with van der Waals surface area (Å²) >= 11 is 0. The molecule has 0 aromatic heterocycles. The third-order valence-electron chi connectivity index (χ3n) is 2.16. The molecule has 0 spiro atoms. The number of hydrogen-bond acceptors (Lipinski definition) is 4. The van der Waals surface area contributed by atoms with E-state index in [2.05, 4.69) is 4.72 Å². The van der Waals surface area contributed by atoms with Crippen LogP contribution in [0.4, 0.5) is 14.5 Å². The van der Waals surface area contributed by atoms with Gasteiger partial charge in [0, 0.05) is 18.8 Å². The van der Waals surface area contributed by atoms with Gasteiger partial charge in [-0.3, -0.25) is 0 Å². The fraction of sp³-hybridized carbons (Fsp3) is 0.400. The number of hydrogen-bond donors (Lipinski definition) is 2. The molecule has 102 valence electrons. The summed E-state index contributed by atoms with van der Waals surface area (Å²) in [6.45, 7) is 0.525. The first kappa shape index (κ1) is 14.8. The van der Waals surface area contributed by atoms with Crippen molar-refractivity contribution >= 4 is 15.7 Å². The Morgan fingerprint density at radius 1 is 1.33 bits per heavy atom. The molecule has 0 fully saturated rings. The van der Waals surface area contributed by atoms with Gasteiger partial charge >= 0.3 is 0 Å². The van der Waals surface area contributed by atoms with Crippen molar-refractivity contribution in [1.82, 2.24) is 9.62 Å². The van der Waals surface area contributed by atoms with E-state index in [-0.39, 0.29) is 12.2 Å². The summed E-state index contributed by atoms with van der Waals surface area (Å²) in [4.78, 5) is 0.970. The van der Waals surface area contributed by atoms with E-state index in [0.29, 0.717) is 6.54 Å². The van der Waals surface area contributed by atoms with E-state index in [1.54, 1.807) is 19.0 Å². The van der Waals surface area contributed by atoms with Crippen molar-refractivity contribution < 1.29 is 17.2 Å². The van der Waals surface area contributed by atoms with Crippen LogP contribution in [0.1, 0.15) is 0 Å². The summed E-state index contributed by atoms with van der Waals surface area (Å²) in [5.74, 6) is -2.72. The third kappa shape index (κ3) is 3.62. The van der Waals surface area contributed by atoms with Gasteiger partial charge in [0.05, 0.1) is 0 Å². The third-order valence-corrected chi connectivity index (χ3v) is 3.62. The lowest BCUT2D eigenvalue weighted by atomic mass is 10.3. The average molecular weight is 279 g/mol. The highest BCUT2D eigenvalue weighted by Gasteiger charge is 2.22. The summed E-state index contributed by atoms with van der Waals surface area (Å²) in [5.41, 5.74) is 5.14. The largest absolute Gasteiger partial charge is 0.399 e. The molecule has 5 nitrogen and oxygen atoms in total. The number of halogens is 2. The van der Waals surface area contributed by atoms with Crippen molar-refractivity contribution in [3.8, 4) is 0 Å². The fourth-order valence-corrected chi connectivity index (χ4v) is 2.40. The van der Waals surface area contributed by atoms with E-state index in [1.165, 1.54) is 0 Å². The lowest BCUT2D eigenvalue weighted by Gasteiger charge is -2.12. The number of likely N-dealkylation sites (N-methyl/N-ethyl adjacent to an activating group) is 1. The summed E-state index contributed by atoms with van der Waals surface area (Å²) in [7, 11) is -0.585. The standard InChI is InChI=1S/C10H15F2N3O2S/c1-15(2)4-3-14-18(16,17)9-6-7(13)5-8(11)10(9)12/h5-6,14H,3-4,13H2,1-2H3. The maximum Gasteiger partial charge on any atom is 0.243 e. The highest BCUT2D eigenvalue weighted by Crippen LogP contribution is 2.20. The van der Waals surface area contributed by atoms with Crippen LogP contribution in [0.15, 0.2) is 17.0 Å². The Labute approximate surface area is 105 Å². The Bertz CT molecular complexity index is 532. The molecule has 1 aromatic rings. The average Bonchev–Trinajstić information content (AvgIpc) is 2.22. The molecule has 0 aliphatic heterocycles. The molecule has 0 aliphatic carbocycles. The van der Waals surface area contributed by atoms with Crippen molar-refractivity contribution in [2.45, 2.75) is 4.90 Å². The van der Waals surface area contributed by atoms with Gasteiger partial charge in [-0.25, -0.2) is 21.9 Å². The maximum absolute atomic E-state index is 13.4. The number of nitrogen functional groups attached to an aromatic ring is 1. The monoisotopic (exact) mass is 279 g/mol. The molecular weight excluding hydrogens is 264 g/mol. The van der Waals surface area contributed by atoms with Crippen LogP contribution in [0.25, 0.3) is 0 Å². The molecule has 0 bridgehead atoms. The van der Waals surface area contributed by atoms with E-state index >= 15 is 0 Å². The molecule has 3 N–H and O–H groups in total. The number of anilines is 1. The molecule has 0 radical (unpaired) electrons. The Kier molecular flexibility index (Phi) is 4.60. The van der Waals surface area contributed by atoms with E-state index in [4.69, 9.17) is 5.73 Å². The van der Waals surface area contributed by atoms with E-state index < -0.39 is 26.6 Å². The van der Waals surface area contributed by atoms with Gasteiger partial charge in [0.15, 0.2) is 11.6 Å². The zero-order valence-electron chi connectivity index (χ0n) is 10.1. The van der Waals surface area contributed by atoms with Crippen molar-refractivity contribution in [1.29, 1.82) is 0 Å². The van der Waals surface area contributed by atoms with Crippen LogP contribution in [-0.4, -0.2) is 40.5 Å². The summed E-state index contributed by atoms with van der Waals surface area (Å²) in [6, 6.07) is 1.62. The van der Waals surface area contributed by atoms with Gasteiger partial charge in [0.2, 0.25) is 10.0 Å². The smallest absolute Gasteiger partial charge is 0.243 e. The first-order valence-electron chi connectivity index (χ1n) is 5.13. The minimum atomic E-state index is -4.10. The Morgan fingerprint density at radius 2 is 1.94 bits per heavy atom. The molecule has 1 aromatic carbocycles. The normalized spacial score (nSPS) is 12.1. The molecule has 0 unspecified atom stereocenters. The second-order valence-electron chi connectivity index (χ2n) is 4.02. The molecular formula is C10H15F2N3O2S. The van der Waals surface area contributed by atoms with Crippen LogP contribution in [0, 0.1) is 11.6 Å². The SMILES string of the molecule is CN(C)CCNS(=O)(=O)c1cc(N)cc(F)c1F. The summed E-state index contributed by atoms with van der Waals surface area (Å²) in [5, 5.41) is 0. The fourth-order valence-electron chi connectivity index (χ4n) is 1.26. The Hall–Kier alpha value is -1.25. The van der Waals surface area contributed by atoms with Gasteiger partial charge in [0.25, 0.3) is 0 Å². The molecule has 0 atom stereocenters. The lowest BCUT2D eigenvalue weighted by molar-refractivity contribution is 0.412. The molecule has 8 heteroatoms. The lowest BCUT2D eigenvalue weighted by Crippen LogP contribution is -2.32. The van der Waals surface area contributed by atoms with Crippen LogP contribution in [0.5, 0.6) is 0 Å². The maximum atomic E-state index is 13.4. The predicted molar refractivity (Wildman–Crippen MR) is 64.5 cm³/mol. The molecule has 0 aliphatic rings. The number of nitrogens with zero attached hydrogens (tertiary/aromatic N) is 1. The van der Waals surface area contributed by atoms with Crippen molar-refractivity contribution in [2.75, 3.05) is 32.9 Å². The number of nitrogens with two attached hydrogens (primary N) is 1. The van der Waals surface area contributed by atoms with Crippen LogP contribution in [-0.2, 0) is 10.0 Å². The number of rotatable bonds is 5. The van der Waals surface area contributed by atoms with Crippen LogP contribution >= 0.6 is 0 Å². The zero-order valence-corrected chi connectivity index (χ0v) is 10.9. The Morgan fingerprint density at radius 3 is 2.50 bits per heavy atom. The molecule has 0 heterocycles. The van der Waals surface area contributed by atoms with Gasteiger partial charge in [-0.2, -0.15) is 0 Å². The second-order valence-corrected chi connectivity index (χ2v) is 5.75. The van der Waals surface area contributed by atoms with Crippen LogP contribution in [0.2, 0.25) is 0 Å². The van der Waals surface area contributed by atoms with E-state index in [1.807, 2.05) is 0 Å². The van der Waals surface area contributed by atoms with Crippen LogP contribution in [0.3, 0.4) is 0 Å². The first-order valence-corrected chi connectivity index (χ1v) is 6.61. The van der Waals surface area contributed by atoms with Crippen molar-refractivity contribution in [2.24, 2.45) is 0 Å². The highest BCUT2D eigenvalue weighted by atomic mass is 32.2. The van der Waals surface area contributed by atoms with Gasteiger partial charge in [-0.05, 0) is 26.2 Å². The zero-order chi connectivity index (χ0) is 13.9. The molecule has 0 saturated heterocycles. The number of benzene rings is 1. The second kappa shape index (κ2) is 5.59. The topological polar surface area (TPSA) is 75.4 Å². The van der Waals surface area contributed by atoms with Crippen molar-refractivity contribution in [3.05, 3.63) is 23.8 Å². The quantitative estimate of drug-likeness (QED) is 0.764.